The highest BCUT2D eigenvalue weighted by molar-refractivity contribution is 5.17. The molecule has 6 heteroatoms. The van der Waals surface area contributed by atoms with Gasteiger partial charge in [0.25, 0.3) is 0 Å². The molecule has 0 spiro atoms. The van der Waals surface area contributed by atoms with E-state index in [9.17, 15) is 10.1 Å². The molecule has 0 bridgehead atoms. The topological polar surface area (TPSA) is 71.5 Å². The molecule has 0 fully saturated rings. The maximum atomic E-state index is 10.5. The van der Waals surface area contributed by atoms with Crippen LogP contribution in [0.15, 0.2) is 16.5 Å². The highest BCUT2D eigenvalue weighted by atomic mass is 16.6. The smallest absolute Gasteiger partial charge is 0.404 e. The van der Waals surface area contributed by atoms with Crippen molar-refractivity contribution in [3.8, 4) is 0 Å². The van der Waals surface area contributed by atoms with Gasteiger partial charge in [-0.3, -0.25) is 10.1 Å². The summed E-state index contributed by atoms with van der Waals surface area (Å²) < 4.78 is 5.07. The minimum absolute atomic E-state index is 0.141. The van der Waals surface area contributed by atoms with Gasteiger partial charge in [0, 0.05) is 13.1 Å². The van der Waals surface area contributed by atoms with Crippen molar-refractivity contribution in [1.29, 1.82) is 0 Å². The summed E-state index contributed by atoms with van der Waals surface area (Å²) in [7, 11) is 4.08. The van der Waals surface area contributed by atoms with Crippen molar-refractivity contribution in [3.05, 3.63) is 28.0 Å². The van der Waals surface area contributed by atoms with Crippen LogP contribution in [0.25, 0.3) is 0 Å². The molecule has 18 heavy (non-hydrogen) atoms. The average molecular weight is 255 g/mol. The molecule has 0 aliphatic rings. The molecule has 1 rings (SSSR count). The summed E-state index contributed by atoms with van der Waals surface area (Å²) >= 11 is 0. The Morgan fingerprint density at radius 2 is 2.11 bits per heavy atom. The number of nitro groups is 1. The second-order valence-electron chi connectivity index (χ2n) is 5.50. The third-order valence-corrected chi connectivity index (χ3v) is 2.47. The molecule has 102 valence electrons. The first kappa shape index (κ1) is 14.7. The van der Waals surface area contributed by atoms with E-state index in [1.165, 1.54) is 6.07 Å². The maximum Gasteiger partial charge on any atom is 0.433 e. The molecule has 1 heterocycles. The second kappa shape index (κ2) is 5.97. The number of hydrogen-bond acceptors (Lipinski definition) is 5. The fourth-order valence-corrected chi connectivity index (χ4v) is 2.00. The molecule has 0 aromatic carbocycles. The Bertz CT molecular complexity index is 399. The van der Waals surface area contributed by atoms with Crippen LogP contribution in [0.5, 0.6) is 0 Å². The SMILES string of the molecule is CN(C)CC(C)(C)CNCc1ccc([N+](=O)[O-])o1. The molecule has 1 aromatic heterocycles. The Hall–Kier alpha value is -1.40. The van der Waals surface area contributed by atoms with Crippen molar-refractivity contribution in [2.24, 2.45) is 5.41 Å². The second-order valence-corrected chi connectivity index (χ2v) is 5.50. The lowest BCUT2D eigenvalue weighted by Crippen LogP contribution is -2.37. The highest BCUT2D eigenvalue weighted by Crippen LogP contribution is 2.17. The molecule has 1 N–H and O–H groups in total. The molecule has 0 radical (unpaired) electrons. The van der Waals surface area contributed by atoms with Crippen LogP contribution >= 0.6 is 0 Å². The predicted molar refractivity (Wildman–Crippen MR) is 69.4 cm³/mol. The van der Waals surface area contributed by atoms with Crippen molar-refractivity contribution in [2.45, 2.75) is 20.4 Å². The molecule has 0 amide bonds. The lowest BCUT2D eigenvalue weighted by atomic mass is 9.93. The quantitative estimate of drug-likeness (QED) is 0.595. The van der Waals surface area contributed by atoms with Crippen LogP contribution in [-0.2, 0) is 6.54 Å². The Labute approximate surface area is 107 Å². The number of hydrogen-bond donors (Lipinski definition) is 1. The minimum atomic E-state index is -0.528. The van der Waals surface area contributed by atoms with Crippen molar-refractivity contribution >= 4 is 5.88 Å². The number of rotatable bonds is 7. The third kappa shape index (κ3) is 4.85. The molecular formula is C12H21N3O3. The summed E-state index contributed by atoms with van der Waals surface area (Å²) in [5, 5.41) is 13.7. The maximum absolute atomic E-state index is 10.5. The van der Waals surface area contributed by atoms with E-state index in [0.29, 0.717) is 12.3 Å². The van der Waals surface area contributed by atoms with Gasteiger partial charge < -0.3 is 14.6 Å². The van der Waals surface area contributed by atoms with Gasteiger partial charge >= 0.3 is 5.88 Å². The predicted octanol–water partition coefficient (Wildman–Crippen LogP) is 1.87. The van der Waals surface area contributed by atoms with Gasteiger partial charge in [0.2, 0.25) is 0 Å². The van der Waals surface area contributed by atoms with E-state index in [1.807, 2.05) is 14.1 Å². The van der Waals surface area contributed by atoms with E-state index < -0.39 is 4.92 Å². The van der Waals surface area contributed by atoms with Gasteiger partial charge in [-0.1, -0.05) is 13.8 Å². The molecule has 0 aliphatic heterocycles. The largest absolute Gasteiger partial charge is 0.433 e. The molecule has 0 aliphatic carbocycles. The Morgan fingerprint density at radius 1 is 1.44 bits per heavy atom. The monoisotopic (exact) mass is 255 g/mol. The molecule has 0 unspecified atom stereocenters. The lowest BCUT2D eigenvalue weighted by Gasteiger charge is -2.28. The van der Waals surface area contributed by atoms with Crippen molar-refractivity contribution in [3.63, 3.8) is 0 Å². The normalized spacial score (nSPS) is 12.1. The zero-order chi connectivity index (χ0) is 13.8. The summed E-state index contributed by atoms with van der Waals surface area (Å²) in [5.74, 6) is 0.377. The number of nitrogens with zero attached hydrogens (tertiary/aromatic N) is 2. The zero-order valence-corrected chi connectivity index (χ0v) is 11.4. The molecule has 6 nitrogen and oxygen atoms in total. The molecule has 0 saturated carbocycles. The number of furan rings is 1. The lowest BCUT2D eigenvalue weighted by molar-refractivity contribution is -0.402. The van der Waals surface area contributed by atoms with E-state index in [4.69, 9.17) is 4.42 Å². The van der Waals surface area contributed by atoms with Crippen LogP contribution in [0.4, 0.5) is 5.88 Å². The summed E-state index contributed by atoms with van der Waals surface area (Å²) in [5.41, 5.74) is 0.141. The Kier molecular flexibility index (Phi) is 4.86. The molecular weight excluding hydrogens is 234 g/mol. The van der Waals surface area contributed by atoms with Gasteiger partial charge in [-0.15, -0.1) is 0 Å². The van der Waals surface area contributed by atoms with Crippen molar-refractivity contribution in [2.75, 3.05) is 27.2 Å². The van der Waals surface area contributed by atoms with Crippen molar-refractivity contribution < 1.29 is 9.34 Å². The van der Waals surface area contributed by atoms with Crippen LogP contribution < -0.4 is 5.32 Å². The highest BCUT2D eigenvalue weighted by Gasteiger charge is 2.19. The first-order chi connectivity index (χ1) is 8.30. The molecule has 0 saturated heterocycles. The van der Waals surface area contributed by atoms with Crippen LogP contribution in [-0.4, -0.2) is 37.0 Å². The summed E-state index contributed by atoms with van der Waals surface area (Å²) in [6, 6.07) is 3.01. The van der Waals surface area contributed by atoms with E-state index in [2.05, 4.69) is 24.1 Å². The Balaban J connectivity index is 2.39. The van der Waals surface area contributed by atoms with E-state index in [1.54, 1.807) is 6.07 Å². The van der Waals surface area contributed by atoms with Crippen LogP contribution in [0, 0.1) is 15.5 Å². The van der Waals surface area contributed by atoms with E-state index in [0.717, 1.165) is 13.1 Å². The summed E-state index contributed by atoms with van der Waals surface area (Å²) in [6.07, 6.45) is 0. The third-order valence-electron chi connectivity index (χ3n) is 2.47. The Morgan fingerprint density at radius 3 is 2.61 bits per heavy atom. The van der Waals surface area contributed by atoms with E-state index in [-0.39, 0.29) is 11.3 Å². The minimum Gasteiger partial charge on any atom is -0.404 e. The van der Waals surface area contributed by atoms with Crippen molar-refractivity contribution in [1.82, 2.24) is 10.2 Å². The van der Waals surface area contributed by atoms with Gasteiger partial charge in [0.15, 0.2) is 0 Å². The molecule has 1 aromatic rings. The average Bonchev–Trinajstić information content (AvgIpc) is 2.63. The van der Waals surface area contributed by atoms with E-state index >= 15 is 0 Å². The van der Waals surface area contributed by atoms with Gasteiger partial charge in [-0.05, 0) is 25.6 Å². The van der Waals surface area contributed by atoms with Gasteiger partial charge in [0.05, 0.1) is 12.6 Å². The van der Waals surface area contributed by atoms with Gasteiger partial charge in [-0.25, -0.2) is 0 Å². The first-order valence-electron chi connectivity index (χ1n) is 5.89. The standard InChI is InChI=1S/C12H21N3O3/c1-12(2,9-14(3)4)8-13-7-10-5-6-11(18-10)15(16)17/h5-6,13H,7-9H2,1-4H3. The van der Waals surface area contributed by atoms with Gasteiger partial charge in [0.1, 0.15) is 10.7 Å². The van der Waals surface area contributed by atoms with Crippen LogP contribution in [0.1, 0.15) is 19.6 Å². The van der Waals surface area contributed by atoms with Crippen LogP contribution in [0.3, 0.4) is 0 Å². The first-order valence-corrected chi connectivity index (χ1v) is 5.89. The summed E-state index contributed by atoms with van der Waals surface area (Å²) in [4.78, 5) is 12.1. The fourth-order valence-electron chi connectivity index (χ4n) is 2.00. The summed E-state index contributed by atoms with van der Waals surface area (Å²) in [6.45, 7) is 6.64. The van der Waals surface area contributed by atoms with Crippen LogP contribution in [0.2, 0.25) is 0 Å². The molecule has 0 atom stereocenters. The zero-order valence-electron chi connectivity index (χ0n) is 11.4. The number of nitrogens with one attached hydrogen (secondary N) is 1. The fraction of sp³-hybridized carbons (Fsp3) is 0.667. The van der Waals surface area contributed by atoms with Gasteiger partial charge in [-0.2, -0.15) is 0 Å².